The molecule has 0 saturated carbocycles. The molecule has 1 aromatic rings. The molecule has 1 aromatic carbocycles. The van der Waals surface area contributed by atoms with E-state index in [0.717, 1.165) is 11.5 Å². The number of halogens is 2. The maximum atomic E-state index is 12.6. The summed E-state index contributed by atoms with van der Waals surface area (Å²) in [4.78, 5) is 1.91. The van der Waals surface area contributed by atoms with E-state index < -0.39 is 12.3 Å². The molecule has 1 atom stereocenters. The van der Waals surface area contributed by atoms with Crippen LogP contribution in [0.5, 0.6) is 11.5 Å². The van der Waals surface area contributed by atoms with Gasteiger partial charge in [0, 0.05) is 19.0 Å². The van der Waals surface area contributed by atoms with Crippen molar-refractivity contribution in [1.82, 2.24) is 4.90 Å². The zero-order valence-electron chi connectivity index (χ0n) is 12.8. The fraction of sp³-hybridized carbons (Fsp3) is 0.625. The maximum absolute atomic E-state index is 12.6. The third-order valence-corrected chi connectivity index (χ3v) is 3.33. The number of hydrogen-bond acceptors (Lipinski definition) is 3. The summed E-state index contributed by atoms with van der Waals surface area (Å²) in [5.41, 5.74) is -0.234. The lowest BCUT2D eigenvalue weighted by Gasteiger charge is -2.21. The fourth-order valence-electron chi connectivity index (χ4n) is 2.31. The van der Waals surface area contributed by atoms with Gasteiger partial charge in [-0.05, 0) is 51.5 Å². The summed E-state index contributed by atoms with van der Waals surface area (Å²) in [6.07, 6.45) is -1.69. The molecule has 1 saturated heterocycles. The van der Waals surface area contributed by atoms with Gasteiger partial charge in [-0.3, -0.25) is 4.90 Å². The van der Waals surface area contributed by atoms with Crippen LogP contribution in [0.1, 0.15) is 27.2 Å². The Morgan fingerprint density at radius 3 is 2.33 bits per heavy atom. The van der Waals surface area contributed by atoms with Crippen molar-refractivity contribution in [2.24, 2.45) is 5.92 Å². The van der Waals surface area contributed by atoms with Crippen molar-refractivity contribution in [1.29, 1.82) is 0 Å². The van der Waals surface area contributed by atoms with Crippen LogP contribution in [-0.2, 0) is 0 Å². The van der Waals surface area contributed by atoms with Crippen molar-refractivity contribution in [2.45, 2.75) is 39.2 Å². The van der Waals surface area contributed by atoms with E-state index in [4.69, 9.17) is 9.47 Å². The molecule has 1 heterocycles. The van der Waals surface area contributed by atoms with Crippen LogP contribution in [-0.4, -0.2) is 36.7 Å². The SMILES string of the molecule is CC(C)(C)Oc1ccc(OCN2CC[C@@H](C(F)F)C2)cc1. The number of ether oxygens (including phenoxy) is 2. The Hall–Kier alpha value is -1.36. The van der Waals surface area contributed by atoms with Gasteiger partial charge < -0.3 is 9.47 Å². The Morgan fingerprint density at radius 2 is 1.81 bits per heavy atom. The number of likely N-dealkylation sites (tertiary alicyclic amines) is 1. The zero-order chi connectivity index (χ0) is 15.5. The lowest BCUT2D eigenvalue weighted by Crippen LogP contribution is -2.27. The Labute approximate surface area is 124 Å². The molecule has 2 rings (SSSR count). The minimum atomic E-state index is -2.23. The first kappa shape index (κ1) is 16.0. The highest BCUT2D eigenvalue weighted by Gasteiger charge is 2.29. The summed E-state index contributed by atoms with van der Waals surface area (Å²) in [5, 5.41) is 0. The molecule has 3 nitrogen and oxygen atoms in total. The molecule has 0 unspecified atom stereocenters. The van der Waals surface area contributed by atoms with Gasteiger partial charge >= 0.3 is 0 Å². The molecule has 0 N–H and O–H groups in total. The molecular formula is C16H23F2NO2. The summed E-state index contributed by atoms with van der Waals surface area (Å²) in [7, 11) is 0. The minimum Gasteiger partial charge on any atom is -0.488 e. The number of hydrogen-bond donors (Lipinski definition) is 0. The van der Waals surface area contributed by atoms with Crippen LogP contribution >= 0.6 is 0 Å². The van der Waals surface area contributed by atoms with Gasteiger partial charge in [0.05, 0.1) is 0 Å². The van der Waals surface area contributed by atoms with E-state index in [0.29, 0.717) is 26.2 Å². The summed E-state index contributed by atoms with van der Waals surface area (Å²) in [5.74, 6) is 0.988. The highest BCUT2D eigenvalue weighted by Crippen LogP contribution is 2.24. The summed E-state index contributed by atoms with van der Waals surface area (Å²) < 4.78 is 36.5. The van der Waals surface area contributed by atoms with E-state index >= 15 is 0 Å². The van der Waals surface area contributed by atoms with Crippen molar-refractivity contribution in [3.63, 3.8) is 0 Å². The lowest BCUT2D eigenvalue weighted by molar-refractivity contribution is 0.0719. The van der Waals surface area contributed by atoms with E-state index in [1.54, 1.807) is 0 Å². The predicted molar refractivity (Wildman–Crippen MR) is 78.0 cm³/mol. The first-order valence-electron chi connectivity index (χ1n) is 7.26. The number of nitrogens with zero attached hydrogens (tertiary/aromatic N) is 1. The largest absolute Gasteiger partial charge is 0.488 e. The van der Waals surface area contributed by atoms with Crippen LogP contribution in [0.25, 0.3) is 0 Å². The van der Waals surface area contributed by atoms with Crippen molar-refractivity contribution >= 4 is 0 Å². The molecule has 0 bridgehead atoms. The summed E-state index contributed by atoms with van der Waals surface area (Å²) in [6.45, 7) is 7.39. The second-order valence-corrected chi connectivity index (χ2v) is 6.42. The van der Waals surface area contributed by atoms with Gasteiger partial charge in [0.1, 0.15) is 23.8 Å². The van der Waals surface area contributed by atoms with Gasteiger partial charge in [0.15, 0.2) is 0 Å². The van der Waals surface area contributed by atoms with Gasteiger partial charge in [-0.15, -0.1) is 0 Å². The quantitative estimate of drug-likeness (QED) is 0.825. The second-order valence-electron chi connectivity index (χ2n) is 6.42. The summed E-state index contributed by atoms with van der Waals surface area (Å²) >= 11 is 0. The van der Waals surface area contributed by atoms with E-state index in [2.05, 4.69) is 0 Å². The molecular weight excluding hydrogens is 276 g/mol. The van der Waals surface area contributed by atoms with Crippen LogP contribution in [0.3, 0.4) is 0 Å². The monoisotopic (exact) mass is 299 g/mol. The van der Waals surface area contributed by atoms with Crippen LogP contribution in [0, 0.1) is 5.92 Å². The van der Waals surface area contributed by atoms with Crippen molar-refractivity contribution in [3.05, 3.63) is 24.3 Å². The molecule has 0 aromatic heterocycles. The van der Waals surface area contributed by atoms with E-state index in [1.165, 1.54) is 0 Å². The Kier molecular flexibility index (Phi) is 5.04. The van der Waals surface area contributed by atoms with E-state index in [9.17, 15) is 8.78 Å². The number of benzene rings is 1. The maximum Gasteiger partial charge on any atom is 0.242 e. The van der Waals surface area contributed by atoms with Crippen molar-refractivity contribution in [3.8, 4) is 11.5 Å². The van der Waals surface area contributed by atoms with Crippen LogP contribution in [0.15, 0.2) is 24.3 Å². The van der Waals surface area contributed by atoms with Crippen molar-refractivity contribution < 1.29 is 18.3 Å². The Morgan fingerprint density at radius 1 is 1.19 bits per heavy atom. The molecule has 1 aliphatic rings. The standard InChI is InChI=1S/C16H23F2NO2/c1-16(2,3)21-14-6-4-13(5-7-14)20-11-19-9-8-12(10-19)15(17)18/h4-7,12,15H,8-11H2,1-3H3/t12-/m1/s1. The molecule has 5 heteroatoms. The Balaban J connectivity index is 1.79. The topological polar surface area (TPSA) is 21.7 Å². The van der Waals surface area contributed by atoms with Crippen molar-refractivity contribution in [2.75, 3.05) is 19.8 Å². The molecule has 118 valence electrons. The molecule has 0 amide bonds. The van der Waals surface area contributed by atoms with Crippen LogP contribution in [0.4, 0.5) is 8.78 Å². The average molecular weight is 299 g/mol. The fourth-order valence-corrected chi connectivity index (χ4v) is 2.31. The minimum absolute atomic E-state index is 0.234. The van der Waals surface area contributed by atoms with E-state index in [-0.39, 0.29) is 5.60 Å². The smallest absolute Gasteiger partial charge is 0.242 e. The average Bonchev–Trinajstić information content (AvgIpc) is 2.85. The molecule has 0 radical (unpaired) electrons. The van der Waals surface area contributed by atoms with Gasteiger partial charge in [-0.2, -0.15) is 0 Å². The van der Waals surface area contributed by atoms with Gasteiger partial charge in [-0.1, -0.05) is 0 Å². The van der Waals surface area contributed by atoms with Gasteiger partial charge in [-0.25, -0.2) is 8.78 Å². The zero-order valence-corrected chi connectivity index (χ0v) is 12.8. The first-order chi connectivity index (χ1) is 9.83. The highest BCUT2D eigenvalue weighted by atomic mass is 19.3. The number of alkyl halides is 2. The summed E-state index contributed by atoms with van der Waals surface area (Å²) in [6, 6.07) is 7.38. The second kappa shape index (κ2) is 6.60. The predicted octanol–water partition coefficient (Wildman–Crippen LogP) is 3.79. The molecule has 1 fully saturated rings. The normalized spacial score (nSPS) is 20.0. The third-order valence-electron chi connectivity index (χ3n) is 3.33. The molecule has 0 spiro atoms. The molecule has 0 aliphatic carbocycles. The van der Waals surface area contributed by atoms with E-state index in [1.807, 2.05) is 49.9 Å². The van der Waals surface area contributed by atoms with Crippen LogP contribution in [0.2, 0.25) is 0 Å². The van der Waals surface area contributed by atoms with Gasteiger partial charge in [0.2, 0.25) is 6.43 Å². The third kappa shape index (κ3) is 5.16. The van der Waals surface area contributed by atoms with Gasteiger partial charge in [0.25, 0.3) is 0 Å². The molecule has 1 aliphatic heterocycles. The number of rotatable bonds is 5. The molecule has 21 heavy (non-hydrogen) atoms. The first-order valence-corrected chi connectivity index (χ1v) is 7.26. The van der Waals surface area contributed by atoms with Crippen LogP contribution < -0.4 is 9.47 Å². The lowest BCUT2D eigenvalue weighted by atomic mass is 10.1. The Bertz CT molecular complexity index is 443. The highest BCUT2D eigenvalue weighted by molar-refractivity contribution is 5.31.